The number of pyridine rings is 1. The van der Waals surface area contributed by atoms with Crippen molar-refractivity contribution < 1.29 is 5.11 Å². The highest BCUT2D eigenvalue weighted by molar-refractivity contribution is 5.60. The molecule has 0 fully saturated rings. The van der Waals surface area contributed by atoms with E-state index in [4.69, 9.17) is 0 Å². The van der Waals surface area contributed by atoms with Crippen molar-refractivity contribution in [3.8, 4) is 0 Å². The molecule has 2 rings (SSSR count). The van der Waals surface area contributed by atoms with Gasteiger partial charge in [-0.15, -0.1) is 13.2 Å². The SMILES string of the molecule is C=CCN(CC=C)Cc1cccn2ncc(CO)c12. The molecule has 0 unspecified atom stereocenters. The van der Waals surface area contributed by atoms with Crippen LogP contribution in [0, 0.1) is 0 Å². The monoisotopic (exact) mass is 257 g/mol. The number of aromatic nitrogens is 2. The second kappa shape index (κ2) is 6.31. The molecule has 0 aliphatic heterocycles. The van der Waals surface area contributed by atoms with Gasteiger partial charge in [0.2, 0.25) is 0 Å². The smallest absolute Gasteiger partial charge is 0.0761 e. The molecule has 2 aromatic rings. The van der Waals surface area contributed by atoms with Crippen LogP contribution in [-0.2, 0) is 13.2 Å². The summed E-state index contributed by atoms with van der Waals surface area (Å²) >= 11 is 0. The van der Waals surface area contributed by atoms with Crippen LogP contribution >= 0.6 is 0 Å². The Morgan fingerprint density at radius 3 is 2.63 bits per heavy atom. The predicted octanol–water partition coefficient (Wildman–Crippen LogP) is 2.00. The van der Waals surface area contributed by atoms with E-state index in [1.807, 2.05) is 24.4 Å². The summed E-state index contributed by atoms with van der Waals surface area (Å²) in [5.74, 6) is 0. The number of aliphatic hydroxyl groups excluding tert-OH is 1. The van der Waals surface area contributed by atoms with E-state index < -0.39 is 0 Å². The second-order valence-electron chi connectivity index (χ2n) is 4.43. The van der Waals surface area contributed by atoms with Gasteiger partial charge in [-0.3, -0.25) is 4.90 Å². The van der Waals surface area contributed by atoms with Gasteiger partial charge in [-0.2, -0.15) is 5.10 Å². The fourth-order valence-electron chi connectivity index (χ4n) is 2.24. The third-order valence-corrected chi connectivity index (χ3v) is 3.04. The maximum Gasteiger partial charge on any atom is 0.0761 e. The normalized spacial score (nSPS) is 11.1. The molecule has 0 spiro atoms. The average Bonchev–Trinajstić information content (AvgIpc) is 2.83. The lowest BCUT2D eigenvalue weighted by Gasteiger charge is -2.19. The molecule has 19 heavy (non-hydrogen) atoms. The number of rotatable bonds is 7. The predicted molar refractivity (Wildman–Crippen MR) is 76.8 cm³/mol. The van der Waals surface area contributed by atoms with E-state index in [1.165, 1.54) is 0 Å². The van der Waals surface area contributed by atoms with Crippen LogP contribution < -0.4 is 0 Å². The molecular weight excluding hydrogens is 238 g/mol. The summed E-state index contributed by atoms with van der Waals surface area (Å²) < 4.78 is 1.81. The van der Waals surface area contributed by atoms with Crippen molar-refractivity contribution in [1.82, 2.24) is 14.5 Å². The molecule has 0 radical (unpaired) electrons. The first-order valence-electron chi connectivity index (χ1n) is 6.29. The Balaban J connectivity index is 2.35. The zero-order valence-corrected chi connectivity index (χ0v) is 11.0. The molecule has 0 bridgehead atoms. The lowest BCUT2D eigenvalue weighted by molar-refractivity contribution is 0.283. The summed E-state index contributed by atoms with van der Waals surface area (Å²) in [6.07, 6.45) is 7.37. The molecule has 1 N–H and O–H groups in total. The molecule has 0 saturated heterocycles. The van der Waals surface area contributed by atoms with Gasteiger partial charge < -0.3 is 5.11 Å². The van der Waals surface area contributed by atoms with Crippen LogP contribution in [0.3, 0.4) is 0 Å². The van der Waals surface area contributed by atoms with E-state index in [1.54, 1.807) is 10.7 Å². The van der Waals surface area contributed by atoms with Gasteiger partial charge in [0.25, 0.3) is 0 Å². The lowest BCUT2D eigenvalue weighted by atomic mass is 10.1. The van der Waals surface area contributed by atoms with E-state index in [0.717, 1.165) is 36.3 Å². The van der Waals surface area contributed by atoms with Crippen molar-refractivity contribution in [2.45, 2.75) is 13.2 Å². The average molecular weight is 257 g/mol. The van der Waals surface area contributed by atoms with E-state index in [2.05, 4.69) is 29.2 Å². The van der Waals surface area contributed by atoms with Crippen LogP contribution in [0.25, 0.3) is 5.52 Å². The molecular formula is C15H19N3O. The molecule has 100 valence electrons. The summed E-state index contributed by atoms with van der Waals surface area (Å²) in [5.41, 5.74) is 2.99. The van der Waals surface area contributed by atoms with Crippen LogP contribution in [0.5, 0.6) is 0 Å². The number of aliphatic hydroxyl groups is 1. The van der Waals surface area contributed by atoms with Gasteiger partial charge in [-0.25, -0.2) is 4.52 Å². The van der Waals surface area contributed by atoms with E-state index in [9.17, 15) is 5.11 Å². The molecule has 0 saturated carbocycles. The number of hydrogen-bond donors (Lipinski definition) is 1. The Morgan fingerprint density at radius 1 is 1.26 bits per heavy atom. The van der Waals surface area contributed by atoms with E-state index >= 15 is 0 Å². The Labute approximate surface area is 113 Å². The molecule has 0 aliphatic rings. The third-order valence-electron chi connectivity index (χ3n) is 3.04. The molecule has 0 amide bonds. The van der Waals surface area contributed by atoms with Crippen molar-refractivity contribution >= 4 is 5.52 Å². The Bertz CT molecular complexity index is 564. The van der Waals surface area contributed by atoms with E-state index in [0.29, 0.717) is 0 Å². The maximum absolute atomic E-state index is 9.39. The van der Waals surface area contributed by atoms with Crippen molar-refractivity contribution in [2.24, 2.45) is 0 Å². The minimum absolute atomic E-state index is 0.00340. The highest BCUT2D eigenvalue weighted by Gasteiger charge is 2.10. The maximum atomic E-state index is 9.39. The molecule has 0 aromatic carbocycles. The van der Waals surface area contributed by atoms with Crippen LogP contribution in [-0.4, -0.2) is 32.7 Å². The topological polar surface area (TPSA) is 40.8 Å². The minimum atomic E-state index is 0.00340. The molecule has 0 aliphatic carbocycles. The van der Waals surface area contributed by atoms with Gasteiger partial charge in [-0.1, -0.05) is 18.2 Å². The zero-order valence-electron chi connectivity index (χ0n) is 11.0. The molecule has 4 heteroatoms. The third kappa shape index (κ3) is 2.92. The first-order chi connectivity index (χ1) is 9.30. The number of fused-ring (bicyclic) bond motifs is 1. The summed E-state index contributed by atoms with van der Waals surface area (Å²) in [6, 6.07) is 4.03. The second-order valence-corrected chi connectivity index (χ2v) is 4.43. The highest BCUT2D eigenvalue weighted by atomic mass is 16.3. The Morgan fingerprint density at radius 2 is 2.00 bits per heavy atom. The fraction of sp³-hybridized carbons (Fsp3) is 0.267. The first kappa shape index (κ1) is 13.5. The van der Waals surface area contributed by atoms with Crippen molar-refractivity contribution in [2.75, 3.05) is 13.1 Å². The van der Waals surface area contributed by atoms with Gasteiger partial charge in [0.1, 0.15) is 0 Å². The molecule has 2 aromatic heterocycles. The Kier molecular flexibility index (Phi) is 4.49. The summed E-state index contributed by atoms with van der Waals surface area (Å²) in [6.45, 7) is 9.94. The largest absolute Gasteiger partial charge is 0.392 e. The van der Waals surface area contributed by atoms with Crippen LogP contribution in [0.2, 0.25) is 0 Å². The van der Waals surface area contributed by atoms with Crippen molar-refractivity contribution in [1.29, 1.82) is 0 Å². The minimum Gasteiger partial charge on any atom is -0.392 e. The van der Waals surface area contributed by atoms with Gasteiger partial charge in [0.15, 0.2) is 0 Å². The highest BCUT2D eigenvalue weighted by Crippen LogP contribution is 2.18. The number of nitrogens with zero attached hydrogens (tertiary/aromatic N) is 3. The van der Waals surface area contributed by atoms with Gasteiger partial charge >= 0.3 is 0 Å². The molecule has 2 heterocycles. The molecule has 4 nitrogen and oxygen atoms in total. The van der Waals surface area contributed by atoms with E-state index in [-0.39, 0.29) is 6.61 Å². The van der Waals surface area contributed by atoms with Gasteiger partial charge in [0, 0.05) is 31.4 Å². The van der Waals surface area contributed by atoms with Crippen LogP contribution in [0.15, 0.2) is 49.8 Å². The Hall–Kier alpha value is -1.91. The van der Waals surface area contributed by atoms with Crippen LogP contribution in [0.1, 0.15) is 11.1 Å². The summed E-state index contributed by atoms with van der Waals surface area (Å²) in [5, 5.41) is 13.6. The standard InChI is InChI=1S/C15H19N3O/c1-3-7-17(8-4-2)11-13-6-5-9-18-15(13)14(12-19)10-16-18/h3-6,9-10,19H,1-2,7-8,11-12H2. The number of hydrogen-bond acceptors (Lipinski definition) is 3. The van der Waals surface area contributed by atoms with Gasteiger partial charge in [-0.05, 0) is 11.6 Å². The fourth-order valence-corrected chi connectivity index (χ4v) is 2.24. The van der Waals surface area contributed by atoms with Crippen LogP contribution in [0.4, 0.5) is 0 Å². The summed E-state index contributed by atoms with van der Waals surface area (Å²) in [4.78, 5) is 2.23. The summed E-state index contributed by atoms with van der Waals surface area (Å²) in [7, 11) is 0. The van der Waals surface area contributed by atoms with Crippen molar-refractivity contribution in [3.63, 3.8) is 0 Å². The zero-order chi connectivity index (χ0) is 13.7. The molecule has 0 atom stereocenters. The van der Waals surface area contributed by atoms with Crippen molar-refractivity contribution in [3.05, 3.63) is 61.0 Å². The van der Waals surface area contributed by atoms with Gasteiger partial charge in [0.05, 0.1) is 18.3 Å². The quantitative estimate of drug-likeness (QED) is 0.771. The first-order valence-corrected chi connectivity index (χ1v) is 6.29. The lowest BCUT2D eigenvalue weighted by Crippen LogP contribution is -2.23.